The standard InChI is InChI=1S/C15H22N2O4/c1-15(2,3)21-14(19)17-12(10-20-4)8-13(18)11-6-5-7-16-9-11/h5-7,9,12H,8,10H2,1-4H3,(H,17,19). The summed E-state index contributed by atoms with van der Waals surface area (Å²) >= 11 is 0. The smallest absolute Gasteiger partial charge is 0.407 e. The maximum absolute atomic E-state index is 12.1. The summed E-state index contributed by atoms with van der Waals surface area (Å²) in [5.74, 6) is -0.110. The highest BCUT2D eigenvalue weighted by Gasteiger charge is 2.21. The van der Waals surface area contributed by atoms with E-state index >= 15 is 0 Å². The number of rotatable bonds is 6. The van der Waals surface area contributed by atoms with Gasteiger partial charge in [0.2, 0.25) is 0 Å². The molecule has 0 aromatic carbocycles. The molecule has 0 bridgehead atoms. The van der Waals surface area contributed by atoms with Crippen LogP contribution in [0.5, 0.6) is 0 Å². The summed E-state index contributed by atoms with van der Waals surface area (Å²) in [6.07, 6.45) is 2.66. The van der Waals surface area contributed by atoms with Crippen molar-refractivity contribution < 1.29 is 19.1 Å². The van der Waals surface area contributed by atoms with E-state index in [1.165, 1.54) is 13.3 Å². The molecule has 6 nitrogen and oxygen atoms in total. The summed E-state index contributed by atoms with van der Waals surface area (Å²) in [6, 6.07) is 2.93. The SMILES string of the molecule is COCC(CC(=O)c1cccnc1)NC(=O)OC(C)(C)C. The van der Waals surface area contributed by atoms with Gasteiger partial charge in [-0.05, 0) is 32.9 Å². The average Bonchev–Trinajstić information content (AvgIpc) is 2.37. The van der Waals surface area contributed by atoms with Gasteiger partial charge < -0.3 is 14.8 Å². The third-order valence-electron chi connectivity index (χ3n) is 2.50. The molecule has 21 heavy (non-hydrogen) atoms. The van der Waals surface area contributed by atoms with Gasteiger partial charge in [-0.1, -0.05) is 0 Å². The molecule has 0 saturated carbocycles. The van der Waals surface area contributed by atoms with Gasteiger partial charge in [0.15, 0.2) is 5.78 Å². The van der Waals surface area contributed by atoms with Crippen molar-refractivity contribution in [1.82, 2.24) is 10.3 Å². The number of ketones is 1. The largest absolute Gasteiger partial charge is 0.444 e. The molecule has 0 aliphatic heterocycles. The highest BCUT2D eigenvalue weighted by atomic mass is 16.6. The van der Waals surface area contributed by atoms with E-state index in [4.69, 9.17) is 9.47 Å². The van der Waals surface area contributed by atoms with Gasteiger partial charge in [-0.15, -0.1) is 0 Å². The van der Waals surface area contributed by atoms with Crippen molar-refractivity contribution in [1.29, 1.82) is 0 Å². The second-order valence-corrected chi connectivity index (χ2v) is 5.67. The minimum atomic E-state index is -0.588. The van der Waals surface area contributed by atoms with Crippen LogP contribution >= 0.6 is 0 Å². The van der Waals surface area contributed by atoms with Crippen LogP contribution in [0, 0.1) is 0 Å². The molecule has 6 heteroatoms. The Morgan fingerprint density at radius 3 is 2.62 bits per heavy atom. The van der Waals surface area contributed by atoms with Crippen LogP contribution in [0.1, 0.15) is 37.6 Å². The number of ether oxygens (including phenoxy) is 2. The zero-order valence-electron chi connectivity index (χ0n) is 12.9. The molecular weight excluding hydrogens is 272 g/mol. The zero-order valence-corrected chi connectivity index (χ0v) is 12.9. The Balaban J connectivity index is 2.61. The van der Waals surface area contributed by atoms with Crippen molar-refractivity contribution >= 4 is 11.9 Å². The van der Waals surface area contributed by atoms with Crippen molar-refractivity contribution in [3.63, 3.8) is 0 Å². The summed E-state index contributed by atoms with van der Waals surface area (Å²) in [4.78, 5) is 27.8. The number of amides is 1. The number of alkyl carbamates (subject to hydrolysis) is 1. The number of hydrogen-bond donors (Lipinski definition) is 1. The quantitative estimate of drug-likeness (QED) is 0.814. The van der Waals surface area contributed by atoms with E-state index in [9.17, 15) is 9.59 Å². The summed E-state index contributed by atoms with van der Waals surface area (Å²) in [6.45, 7) is 5.56. The van der Waals surface area contributed by atoms with E-state index in [2.05, 4.69) is 10.3 Å². The molecule has 0 aliphatic rings. The Bertz CT molecular complexity index is 468. The van der Waals surface area contributed by atoms with Crippen LogP contribution in [0.15, 0.2) is 24.5 Å². The molecule has 0 aliphatic carbocycles. The number of pyridine rings is 1. The van der Waals surface area contributed by atoms with Crippen LogP contribution in [0.25, 0.3) is 0 Å². The Hall–Kier alpha value is -1.95. The number of carbonyl (C=O) groups excluding carboxylic acids is 2. The Kier molecular flexibility index (Phi) is 6.30. The van der Waals surface area contributed by atoms with Crippen LogP contribution in [-0.2, 0) is 9.47 Å². The zero-order chi connectivity index (χ0) is 15.9. The molecule has 1 heterocycles. The molecular formula is C15H22N2O4. The lowest BCUT2D eigenvalue weighted by Crippen LogP contribution is -2.42. The second-order valence-electron chi connectivity index (χ2n) is 5.67. The molecule has 0 fully saturated rings. The van der Waals surface area contributed by atoms with Gasteiger partial charge in [-0.25, -0.2) is 4.79 Å². The number of aromatic nitrogens is 1. The van der Waals surface area contributed by atoms with Crippen LogP contribution in [0.3, 0.4) is 0 Å². The van der Waals surface area contributed by atoms with E-state index in [1.54, 1.807) is 39.1 Å². The minimum Gasteiger partial charge on any atom is -0.444 e. The number of nitrogens with one attached hydrogen (secondary N) is 1. The van der Waals surface area contributed by atoms with Crippen molar-refractivity contribution in [3.8, 4) is 0 Å². The van der Waals surface area contributed by atoms with Crippen molar-refractivity contribution in [2.24, 2.45) is 0 Å². The van der Waals surface area contributed by atoms with Gasteiger partial charge in [0.25, 0.3) is 0 Å². The second kappa shape index (κ2) is 7.73. The lowest BCUT2D eigenvalue weighted by atomic mass is 10.1. The third kappa shape index (κ3) is 6.85. The Morgan fingerprint density at radius 1 is 1.38 bits per heavy atom. The van der Waals surface area contributed by atoms with Crippen molar-refractivity contribution in [2.45, 2.75) is 38.8 Å². The predicted molar refractivity (Wildman–Crippen MR) is 78.2 cm³/mol. The van der Waals surface area contributed by atoms with Gasteiger partial charge in [0, 0.05) is 31.5 Å². The molecule has 1 unspecified atom stereocenters. The maximum atomic E-state index is 12.1. The fourth-order valence-corrected chi connectivity index (χ4v) is 1.70. The maximum Gasteiger partial charge on any atom is 0.407 e. The predicted octanol–water partition coefficient (Wildman–Crippen LogP) is 2.19. The molecule has 1 atom stereocenters. The van der Waals surface area contributed by atoms with Gasteiger partial charge in [-0.2, -0.15) is 0 Å². The third-order valence-corrected chi connectivity index (χ3v) is 2.50. The van der Waals surface area contributed by atoms with Crippen molar-refractivity contribution in [3.05, 3.63) is 30.1 Å². The molecule has 0 spiro atoms. The summed E-state index contributed by atoms with van der Waals surface area (Å²) in [5, 5.41) is 2.65. The van der Waals surface area contributed by atoms with Crippen LogP contribution < -0.4 is 5.32 Å². The molecule has 1 aromatic heterocycles. The number of carbonyl (C=O) groups is 2. The number of methoxy groups -OCH3 is 1. The Labute approximate surface area is 124 Å². The van der Waals surface area contributed by atoms with Crippen LogP contribution in [-0.4, -0.2) is 42.2 Å². The fourth-order valence-electron chi connectivity index (χ4n) is 1.70. The van der Waals surface area contributed by atoms with Crippen molar-refractivity contribution in [2.75, 3.05) is 13.7 Å². The first kappa shape index (κ1) is 17.1. The summed E-state index contributed by atoms with van der Waals surface area (Å²) < 4.78 is 10.2. The average molecular weight is 294 g/mol. The van der Waals surface area contributed by atoms with Gasteiger partial charge in [0.05, 0.1) is 12.6 Å². The monoisotopic (exact) mass is 294 g/mol. The Morgan fingerprint density at radius 2 is 2.10 bits per heavy atom. The van der Waals surface area contributed by atoms with E-state index in [0.29, 0.717) is 5.56 Å². The molecule has 1 aromatic rings. The van der Waals surface area contributed by atoms with Gasteiger partial charge in [0.1, 0.15) is 5.60 Å². The number of nitrogens with zero attached hydrogens (tertiary/aromatic N) is 1. The van der Waals surface area contributed by atoms with Crippen LogP contribution in [0.2, 0.25) is 0 Å². The number of Topliss-reactive ketones (excluding diaryl/α,β-unsaturated/α-hetero) is 1. The summed E-state index contributed by atoms with van der Waals surface area (Å²) in [5.41, 5.74) is -0.0840. The molecule has 116 valence electrons. The normalized spacial score (nSPS) is 12.6. The lowest BCUT2D eigenvalue weighted by molar-refractivity contribution is 0.0464. The van der Waals surface area contributed by atoms with E-state index in [1.807, 2.05) is 0 Å². The highest BCUT2D eigenvalue weighted by Crippen LogP contribution is 2.09. The summed E-state index contributed by atoms with van der Waals surface area (Å²) in [7, 11) is 1.51. The van der Waals surface area contributed by atoms with E-state index in [-0.39, 0.29) is 18.8 Å². The van der Waals surface area contributed by atoms with Crippen LogP contribution in [0.4, 0.5) is 4.79 Å². The number of hydrogen-bond acceptors (Lipinski definition) is 5. The van der Waals surface area contributed by atoms with Gasteiger partial charge in [-0.3, -0.25) is 9.78 Å². The molecule has 1 N–H and O–H groups in total. The first-order chi connectivity index (χ1) is 9.81. The lowest BCUT2D eigenvalue weighted by Gasteiger charge is -2.23. The first-order valence-electron chi connectivity index (χ1n) is 6.73. The highest BCUT2D eigenvalue weighted by molar-refractivity contribution is 5.96. The minimum absolute atomic E-state index is 0.110. The topological polar surface area (TPSA) is 77.5 Å². The molecule has 0 radical (unpaired) electrons. The molecule has 0 saturated heterocycles. The van der Waals surface area contributed by atoms with E-state index in [0.717, 1.165) is 0 Å². The first-order valence-corrected chi connectivity index (χ1v) is 6.73. The fraction of sp³-hybridized carbons (Fsp3) is 0.533. The molecule has 1 rings (SSSR count). The van der Waals surface area contributed by atoms with Gasteiger partial charge >= 0.3 is 6.09 Å². The molecule has 1 amide bonds. The van der Waals surface area contributed by atoms with E-state index < -0.39 is 17.7 Å².